The Morgan fingerprint density at radius 1 is 0.254 bits per heavy atom. The predicted octanol–water partition coefficient (Wildman–Crippen LogP) is 18.8. The van der Waals surface area contributed by atoms with Crippen LogP contribution in [0.15, 0.2) is 0 Å². The highest BCUT2D eigenvalue weighted by molar-refractivity contribution is 5.71. The van der Waals surface area contributed by atoms with E-state index < -0.39 is 6.10 Å². The van der Waals surface area contributed by atoms with Crippen LogP contribution in [-0.2, 0) is 28.6 Å². The summed E-state index contributed by atoms with van der Waals surface area (Å²) in [5.74, 6) is -0.835. The van der Waals surface area contributed by atoms with E-state index in [1.54, 1.807) is 0 Å². The molecule has 0 unspecified atom stereocenters. The minimum atomic E-state index is -0.760. The van der Waals surface area contributed by atoms with Gasteiger partial charge < -0.3 is 14.2 Å². The summed E-state index contributed by atoms with van der Waals surface area (Å²) in [6.45, 7) is 6.70. The molecular formula is C57H110O6. The van der Waals surface area contributed by atoms with Crippen LogP contribution >= 0.6 is 0 Å². The summed E-state index contributed by atoms with van der Waals surface area (Å²) in [6, 6.07) is 0. The Labute approximate surface area is 393 Å². The molecule has 0 spiro atoms. The van der Waals surface area contributed by atoms with Crippen molar-refractivity contribution in [2.24, 2.45) is 0 Å². The third-order valence-electron chi connectivity index (χ3n) is 13.1. The van der Waals surface area contributed by atoms with E-state index in [4.69, 9.17) is 14.2 Å². The topological polar surface area (TPSA) is 78.9 Å². The van der Waals surface area contributed by atoms with Crippen molar-refractivity contribution in [1.82, 2.24) is 0 Å². The van der Waals surface area contributed by atoms with E-state index in [2.05, 4.69) is 20.8 Å². The fraction of sp³-hybridized carbons (Fsp3) is 0.947. The number of unbranched alkanes of at least 4 members (excludes halogenated alkanes) is 42. The quantitative estimate of drug-likeness (QED) is 0.0344. The molecule has 0 aromatic rings. The lowest BCUT2D eigenvalue weighted by Crippen LogP contribution is -2.30. The van der Waals surface area contributed by atoms with Gasteiger partial charge in [-0.25, -0.2) is 0 Å². The molecule has 6 nitrogen and oxygen atoms in total. The first-order valence-electron chi connectivity index (χ1n) is 28.5. The molecule has 63 heavy (non-hydrogen) atoms. The van der Waals surface area contributed by atoms with Crippen LogP contribution in [-0.4, -0.2) is 37.2 Å². The van der Waals surface area contributed by atoms with Crippen molar-refractivity contribution in [2.45, 2.75) is 335 Å². The molecule has 1 atom stereocenters. The average Bonchev–Trinajstić information content (AvgIpc) is 3.28. The van der Waals surface area contributed by atoms with Gasteiger partial charge in [-0.05, 0) is 19.3 Å². The molecule has 0 aromatic heterocycles. The van der Waals surface area contributed by atoms with Gasteiger partial charge >= 0.3 is 17.9 Å². The van der Waals surface area contributed by atoms with E-state index in [-0.39, 0.29) is 31.1 Å². The number of hydrogen-bond donors (Lipinski definition) is 0. The Kier molecular flexibility index (Phi) is 51.7. The Morgan fingerprint density at radius 2 is 0.429 bits per heavy atom. The van der Waals surface area contributed by atoms with Gasteiger partial charge in [0, 0.05) is 19.3 Å². The molecule has 0 bridgehead atoms. The van der Waals surface area contributed by atoms with Gasteiger partial charge in [0.15, 0.2) is 6.10 Å². The second-order valence-corrected chi connectivity index (χ2v) is 19.6. The summed E-state index contributed by atoms with van der Waals surface area (Å²) in [7, 11) is 0. The van der Waals surface area contributed by atoms with E-state index in [0.29, 0.717) is 19.3 Å². The van der Waals surface area contributed by atoms with Crippen LogP contribution < -0.4 is 0 Å². The second kappa shape index (κ2) is 53.0. The standard InChI is InChI=1S/C57H110O6/c1-4-7-10-13-16-19-22-24-26-27-28-29-31-33-36-39-42-45-48-51-57(60)63-54(52-61-55(58)49-46-43-40-37-34-21-18-15-12-9-6-3)53-62-56(59)50-47-44-41-38-35-32-30-25-23-20-17-14-11-8-5-2/h54H,4-53H2,1-3H3/t54-/m1/s1. The molecule has 374 valence electrons. The lowest BCUT2D eigenvalue weighted by molar-refractivity contribution is -0.167. The fourth-order valence-electron chi connectivity index (χ4n) is 8.80. The van der Waals surface area contributed by atoms with Crippen LogP contribution in [0.25, 0.3) is 0 Å². The van der Waals surface area contributed by atoms with Gasteiger partial charge in [0.25, 0.3) is 0 Å². The van der Waals surface area contributed by atoms with Crippen molar-refractivity contribution < 1.29 is 28.6 Å². The van der Waals surface area contributed by atoms with Gasteiger partial charge in [-0.2, -0.15) is 0 Å². The number of esters is 3. The zero-order valence-corrected chi connectivity index (χ0v) is 42.9. The van der Waals surface area contributed by atoms with Crippen molar-refractivity contribution in [3.05, 3.63) is 0 Å². The maximum absolute atomic E-state index is 12.8. The Balaban J connectivity index is 4.25. The molecular weight excluding hydrogens is 781 g/mol. The minimum absolute atomic E-state index is 0.0613. The Morgan fingerprint density at radius 3 is 0.635 bits per heavy atom. The van der Waals surface area contributed by atoms with Crippen molar-refractivity contribution in [2.75, 3.05) is 13.2 Å². The van der Waals surface area contributed by atoms with Crippen LogP contribution in [0.5, 0.6) is 0 Å². The largest absolute Gasteiger partial charge is 0.462 e. The zero-order valence-electron chi connectivity index (χ0n) is 42.9. The maximum atomic E-state index is 12.8. The van der Waals surface area contributed by atoms with E-state index >= 15 is 0 Å². The van der Waals surface area contributed by atoms with E-state index in [1.165, 1.54) is 231 Å². The fourth-order valence-corrected chi connectivity index (χ4v) is 8.80. The molecule has 0 aliphatic rings. The van der Waals surface area contributed by atoms with Crippen LogP contribution in [0, 0.1) is 0 Å². The van der Waals surface area contributed by atoms with Crippen molar-refractivity contribution in [3.8, 4) is 0 Å². The highest BCUT2D eigenvalue weighted by atomic mass is 16.6. The highest BCUT2D eigenvalue weighted by Gasteiger charge is 2.19. The molecule has 0 saturated heterocycles. The molecule has 0 fully saturated rings. The third kappa shape index (κ3) is 51.3. The van der Waals surface area contributed by atoms with E-state index in [1.807, 2.05) is 0 Å². The lowest BCUT2D eigenvalue weighted by atomic mass is 10.0. The van der Waals surface area contributed by atoms with Crippen molar-refractivity contribution >= 4 is 17.9 Å². The van der Waals surface area contributed by atoms with Crippen LogP contribution in [0.2, 0.25) is 0 Å². The van der Waals surface area contributed by atoms with Gasteiger partial charge in [0.2, 0.25) is 0 Å². The van der Waals surface area contributed by atoms with E-state index in [0.717, 1.165) is 57.8 Å². The molecule has 0 aliphatic carbocycles. The number of carbonyl (C=O) groups excluding carboxylic acids is 3. The summed E-state index contributed by atoms with van der Waals surface area (Å²) >= 11 is 0. The lowest BCUT2D eigenvalue weighted by Gasteiger charge is -2.18. The number of ether oxygens (including phenoxy) is 3. The summed E-state index contributed by atoms with van der Waals surface area (Å²) in [6.07, 6.45) is 58.1. The van der Waals surface area contributed by atoms with Crippen LogP contribution in [0.1, 0.15) is 329 Å². The van der Waals surface area contributed by atoms with Gasteiger partial charge in [-0.3, -0.25) is 14.4 Å². The first-order chi connectivity index (χ1) is 31.0. The molecule has 0 N–H and O–H groups in total. The van der Waals surface area contributed by atoms with Gasteiger partial charge in [-0.15, -0.1) is 0 Å². The summed E-state index contributed by atoms with van der Waals surface area (Å²) < 4.78 is 16.9. The molecule has 0 aliphatic heterocycles. The number of hydrogen-bond acceptors (Lipinski definition) is 6. The predicted molar refractivity (Wildman–Crippen MR) is 270 cm³/mol. The highest BCUT2D eigenvalue weighted by Crippen LogP contribution is 2.18. The van der Waals surface area contributed by atoms with Gasteiger partial charge in [0.05, 0.1) is 0 Å². The Bertz CT molecular complexity index is 936. The normalized spacial score (nSPS) is 11.9. The third-order valence-corrected chi connectivity index (χ3v) is 13.1. The summed E-state index contributed by atoms with van der Waals surface area (Å²) in [5, 5.41) is 0. The molecule has 0 radical (unpaired) electrons. The summed E-state index contributed by atoms with van der Waals surface area (Å²) in [5.41, 5.74) is 0. The molecule has 0 saturated carbocycles. The molecule has 6 heteroatoms. The smallest absolute Gasteiger partial charge is 0.306 e. The van der Waals surface area contributed by atoms with Crippen molar-refractivity contribution in [1.29, 1.82) is 0 Å². The minimum Gasteiger partial charge on any atom is -0.462 e. The monoisotopic (exact) mass is 891 g/mol. The average molecular weight is 892 g/mol. The number of carbonyl (C=O) groups is 3. The maximum Gasteiger partial charge on any atom is 0.306 e. The number of rotatable bonds is 53. The second-order valence-electron chi connectivity index (χ2n) is 19.6. The van der Waals surface area contributed by atoms with Gasteiger partial charge in [-0.1, -0.05) is 290 Å². The molecule has 0 heterocycles. The van der Waals surface area contributed by atoms with Crippen molar-refractivity contribution in [3.63, 3.8) is 0 Å². The SMILES string of the molecule is CCCCCCCCCCCCCCCCCCCCCC(=O)O[C@H](COC(=O)CCCCCCCCCCCCC)COC(=O)CCCCCCCCCCCCCCCCC. The molecule has 0 amide bonds. The summed E-state index contributed by atoms with van der Waals surface area (Å²) in [4.78, 5) is 38.0. The van der Waals surface area contributed by atoms with Crippen LogP contribution in [0.3, 0.4) is 0 Å². The zero-order chi connectivity index (χ0) is 45.8. The first-order valence-corrected chi connectivity index (χ1v) is 28.5. The Hall–Kier alpha value is -1.59. The van der Waals surface area contributed by atoms with Crippen LogP contribution in [0.4, 0.5) is 0 Å². The van der Waals surface area contributed by atoms with E-state index in [9.17, 15) is 14.4 Å². The molecule has 0 rings (SSSR count). The van der Waals surface area contributed by atoms with Gasteiger partial charge in [0.1, 0.15) is 13.2 Å². The molecule has 0 aromatic carbocycles. The first kappa shape index (κ1) is 61.4.